The van der Waals surface area contributed by atoms with Crippen LogP contribution in [-0.2, 0) is 0 Å². The SMILES string of the molecule is CCC1CCCN1c1ncnc(NC)c1C(C)C. The minimum Gasteiger partial charge on any atom is -0.373 e. The molecule has 0 aromatic carbocycles. The van der Waals surface area contributed by atoms with Gasteiger partial charge in [-0.1, -0.05) is 20.8 Å². The monoisotopic (exact) mass is 248 g/mol. The highest BCUT2D eigenvalue weighted by Gasteiger charge is 2.28. The van der Waals surface area contributed by atoms with Crippen LogP contribution in [0.1, 0.15) is 51.5 Å². The molecule has 1 fully saturated rings. The van der Waals surface area contributed by atoms with Crippen LogP contribution in [0.5, 0.6) is 0 Å². The smallest absolute Gasteiger partial charge is 0.137 e. The first-order valence-electron chi connectivity index (χ1n) is 6.98. The molecular weight excluding hydrogens is 224 g/mol. The highest BCUT2D eigenvalue weighted by atomic mass is 15.2. The van der Waals surface area contributed by atoms with Gasteiger partial charge in [-0.15, -0.1) is 0 Å². The fraction of sp³-hybridized carbons (Fsp3) is 0.714. The number of aromatic nitrogens is 2. The number of nitrogens with zero attached hydrogens (tertiary/aromatic N) is 3. The van der Waals surface area contributed by atoms with E-state index in [0.29, 0.717) is 12.0 Å². The van der Waals surface area contributed by atoms with Crippen LogP contribution in [0.2, 0.25) is 0 Å². The summed E-state index contributed by atoms with van der Waals surface area (Å²) in [6, 6.07) is 0.641. The molecule has 4 nitrogen and oxygen atoms in total. The van der Waals surface area contributed by atoms with Crippen LogP contribution in [0.4, 0.5) is 11.6 Å². The molecule has 1 aromatic heterocycles. The third-order valence-electron chi connectivity index (χ3n) is 3.80. The maximum atomic E-state index is 4.56. The maximum absolute atomic E-state index is 4.56. The lowest BCUT2D eigenvalue weighted by Gasteiger charge is -2.28. The molecule has 1 aliphatic heterocycles. The van der Waals surface area contributed by atoms with Crippen molar-refractivity contribution in [3.63, 3.8) is 0 Å². The summed E-state index contributed by atoms with van der Waals surface area (Å²) in [5.74, 6) is 2.53. The van der Waals surface area contributed by atoms with Crippen molar-refractivity contribution in [2.75, 3.05) is 23.8 Å². The second-order valence-electron chi connectivity index (χ2n) is 5.26. The molecule has 1 aromatic rings. The first-order valence-corrected chi connectivity index (χ1v) is 6.98. The van der Waals surface area contributed by atoms with Crippen LogP contribution in [-0.4, -0.2) is 29.6 Å². The summed E-state index contributed by atoms with van der Waals surface area (Å²) < 4.78 is 0. The van der Waals surface area contributed by atoms with Gasteiger partial charge < -0.3 is 10.2 Å². The molecule has 4 heteroatoms. The van der Waals surface area contributed by atoms with Gasteiger partial charge in [-0.25, -0.2) is 9.97 Å². The van der Waals surface area contributed by atoms with Gasteiger partial charge in [-0.3, -0.25) is 0 Å². The molecule has 0 bridgehead atoms. The second-order valence-corrected chi connectivity index (χ2v) is 5.26. The Bertz CT molecular complexity index is 403. The predicted molar refractivity (Wildman–Crippen MR) is 76.3 cm³/mol. The van der Waals surface area contributed by atoms with Gasteiger partial charge in [0.2, 0.25) is 0 Å². The summed E-state index contributed by atoms with van der Waals surface area (Å²) in [6.07, 6.45) is 5.43. The Hall–Kier alpha value is -1.32. The molecule has 100 valence electrons. The predicted octanol–water partition coefficient (Wildman–Crippen LogP) is 3.02. The normalized spacial score (nSPS) is 19.6. The van der Waals surface area contributed by atoms with Crippen molar-refractivity contribution in [2.45, 2.75) is 52.0 Å². The highest BCUT2D eigenvalue weighted by molar-refractivity contribution is 5.61. The summed E-state index contributed by atoms with van der Waals surface area (Å²) >= 11 is 0. The lowest BCUT2D eigenvalue weighted by molar-refractivity contribution is 0.635. The van der Waals surface area contributed by atoms with E-state index in [1.165, 1.54) is 24.8 Å². The molecule has 0 spiro atoms. The highest BCUT2D eigenvalue weighted by Crippen LogP contribution is 2.34. The Morgan fingerprint density at radius 3 is 2.83 bits per heavy atom. The molecule has 0 amide bonds. The van der Waals surface area contributed by atoms with Crippen molar-refractivity contribution in [2.24, 2.45) is 0 Å². The Balaban J connectivity index is 2.43. The van der Waals surface area contributed by atoms with Crippen LogP contribution in [0.3, 0.4) is 0 Å². The van der Waals surface area contributed by atoms with E-state index >= 15 is 0 Å². The molecule has 0 radical (unpaired) electrons. The van der Waals surface area contributed by atoms with Crippen LogP contribution in [0.25, 0.3) is 0 Å². The molecule has 1 N–H and O–H groups in total. The molecule has 1 atom stereocenters. The molecule has 1 saturated heterocycles. The Morgan fingerprint density at radius 1 is 1.44 bits per heavy atom. The third-order valence-corrected chi connectivity index (χ3v) is 3.80. The molecule has 18 heavy (non-hydrogen) atoms. The summed E-state index contributed by atoms with van der Waals surface area (Å²) in [7, 11) is 1.93. The zero-order valence-electron chi connectivity index (χ0n) is 11.9. The largest absolute Gasteiger partial charge is 0.373 e. The summed E-state index contributed by atoms with van der Waals surface area (Å²) in [5, 5.41) is 3.20. The van der Waals surface area contributed by atoms with E-state index in [9.17, 15) is 0 Å². The van der Waals surface area contributed by atoms with Gasteiger partial charge in [0.1, 0.15) is 18.0 Å². The zero-order chi connectivity index (χ0) is 13.1. The van der Waals surface area contributed by atoms with E-state index in [4.69, 9.17) is 0 Å². The van der Waals surface area contributed by atoms with Crippen LogP contribution in [0, 0.1) is 0 Å². The van der Waals surface area contributed by atoms with Gasteiger partial charge in [-0.2, -0.15) is 0 Å². The quantitative estimate of drug-likeness (QED) is 0.889. The topological polar surface area (TPSA) is 41.1 Å². The fourth-order valence-corrected chi connectivity index (χ4v) is 2.89. The van der Waals surface area contributed by atoms with Gasteiger partial charge in [0.25, 0.3) is 0 Å². The van der Waals surface area contributed by atoms with E-state index in [1.807, 2.05) is 7.05 Å². The van der Waals surface area contributed by atoms with Gasteiger partial charge in [-0.05, 0) is 25.2 Å². The summed E-state index contributed by atoms with van der Waals surface area (Å²) in [4.78, 5) is 11.4. The third kappa shape index (κ3) is 2.28. The lowest BCUT2D eigenvalue weighted by Crippen LogP contribution is -2.30. The molecule has 2 heterocycles. The Kier molecular flexibility index (Phi) is 4.04. The van der Waals surface area contributed by atoms with E-state index in [-0.39, 0.29) is 0 Å². The van der Waals surface area contributed by atoms with E-state index in [2.05, 4.69) is 41.0 Å². The molecule has 2 rings (SSSR count). The molecule has 1 aliphatic rings. The number of hydrogen-bond donors (Lipinski definition) is 1. The molecule has 1 unspecified atom stereocenters. The van der Waals surface area contributed by atoms with Crippen molar-refractivity contribution >= 4 is 11.6 Å². The number of hydrogen-bond acceptors (Lipinski definition) is 4. The second kappa shape index (κ2) is 5.55. The number of rotatable bonds is 4. The van der Waals surface area contributed by atoms with Crippen molar-refractivity contribution in [3.8, 4) is 0 Å². The minimum atomic E-state index is 0.432. The van der Waals surface area contributed by atoms with Crippen molar-refractivity contribution < 1.29 is 0 Å². The van der Waals surface area contributed by atoms with Gasteiger partial charge >= 0.3 is 0 Å². The van der Waals surface area contributed by atoms with Crippen LogP contribution >= 0.6 is 0 Å². The maximum Gasteiger partial charge on any atom is 0.137 e. The van der Waals surface area contributed by atoms with Crippen molar-refractivity contribution in [3.05, 3.63) is 11.9 Å². The Morgan fingerprint density at radius 2 is 2.22 bits per heavy atom. The van der Waals surface area contributed by atoms with E-state index in [1.54, 1.807) is 6.33 Å². The molecule has 0 saturated carbocycles. The average molecular weight is 248 g/mol. The standard InChI is InChI=1S/C14H24N4/c1-5-11-7-6-8-18(11)14-12(10(2)3)13(15-4)16-9-17-14/h9-11H,5-8H2,1-4H3,(H,15,16,17). The number of anilines is 2. The average Bonchev–Trinajstić information content (AvgIpc) is 2.85. The minimum absolute atomic E-state index is 0.432. The Labute approximate surface area is 110 Å². The van der Waals surface area contributed by atoms with E-state index < -0.39 is 0 Å². The first kappa shape index (κ1) is 13.1. The first-order chi connectivity index (χ1) is 8.69. The fourth-order valence-electron chi connectivity index (χ4n) is 2.89. The molecular formula is C14H24N4. The summed E-state index contributed by atoms with van der Waals surface area (Å²) in [5.41, 5.74) is 1.25. The van der Waals surface area contributed by atoms with Crippen LogP contribution < -0.4 is 10.2 Å². The summed E-state index contributed by atoms with van der Waals surface area (Å²) in [6.45, 7) is 7.80. The van der Waals surface area contributed by atoms with Crippen molar-refractivity contribution in [1.29, 1.82) is 0 Å². The van der Waals surface area contributed by atoms with E-state index in [0.717, 1.165) is 18.2 Å². The lowest BCUT2D eigenvalue weighted by atomic mass is 10.0. The van der Waals surface area contributed by atoms with Crippen LogP contribution in [0.15, 0.2) is 6.33 Å². The zero-order valence-corrected chi connectivity index (χ0v) is 11.9. The van der Waals surface area contributed by atoms with Gasteiger partial charge in [0.15, 0.2) is 0 Å². The van der Waals surface area contributed by atoms with Gasteiger partial charge in [0, 0.05) is 25.2 Å². The number of nitrogens with one attached hydrogen (secondary N) is 1. The molecule has 0 aliphatic carbocycles. The van der Waals surface area contributed by atoms with Gasteiger partial charge in [0.05, 0.1) is 0 Å². The van der Waals surface area contributed by atoms with Crippen molar-refractivity contribution in [1.82, 2.24) is 9.97 Å².